The maximum atomic E-state index is 14.3. The number of carbonyl (C=O) groups is 16. The number of H-pyrrole nitrogens is 1. The van der Waals surface area contributed by atoms with Gasteiger partial charge in [-0.1, -0.05) is 65.3 Å². The maximum Gasteiger partial charge on any atom is 0.317 e. The first-order chi connectivity index (χ1) is 48.8. The largest absolute Gasteiger partial charge is 0.480 e. The maximum absolute atomic E-state index is 14.3. The van der Waals surface area contributed by atoms with E-state index in [1.54, 1.807) is 37.4 Å². The molecule has 1 unspecified atom stereocenters. The fraction of sp³-hybridized carbons (Fsp3) is 0.603. The van der Waals surface area contributed by atoms with Crippen molar-refractivity contribution in [1.82, 2.24) is 76.2 Å². The molecule has 41 heteroatoms. The number of amides is 6. The zero-order chi connectivity index (χ0) is 78.3. The van der Waals surface area contributed by atoms with Crippen LogP contribution in [-0.4, -0.2) is 352 Å². The molecule has 0 fully saturated rings. The molecule has 0 saturated heterocycles. The van der Waals surface area contributed by atoms with Crippen LogP contribution in [0.15, 0.2) is 36.8 Å². The summed E-state index contributed by atoms with van der Waals surface area (Å²) in [7, 11) is 0. The minimum atomic E-state index is -1.82. The van der Waals surface area contributed by atoms with Crippen LogP contribution in [0, 0.1) is 17.8 Å². The zero-order valence-electron chi connectivity index (χ0n) is 58.5. The average Bonchev–Trinajstić information content (AvgIpc) is 0.940. The van der Waals surface area contributed by atoms with Gasteiger partial charge in [0, 0.05) is 103 Å². The fourth-order valence-corrected chi connectivity index (χ4v) is 10.6. The number of carbonyl (C=O) groups excluding carboxylic acids is 6. The van der Waals surface area contributed by atoms with Gasteiger partial charge >= 0.3 is 59.7 Å². The standard InChI is InChI=1S/C63H97N15O26/c1-6-39(4)58(71-59(100)40(5)20-43-23-64-37-69-43)63(104)70-44(19-38(2)3)60(101)68-22-42-9-7-41(8-10-42)21-67-47(79)26-72(13-11-65-61(102)45(77(33-54(92)93)34-55(94)95)24-73(27-48(80)81)15-17-75(29-50(84)85)30-51(86)87)14-12-66-62(103)46(78(35-56(96)97)36-57(98)99)25-74(28-49(82)83)16-18-76(31-52(88)89)32-53(90)91/h7-10,23,37-40,44-46,58H,6,11-22,24-36H2,1-5H3,(H,64,69)(H,65,102)(H,66,103)(H,67,79)(H,68,101)(H,70,104)(H,71,100)(H,80,81)(H,82,83)(H,84,85)(H,86,87)(H,88,89)(H,90,91)(H,92,93)(H,94,95)(H,96,97)(H,98,99)/t39?,40-,44-,45+,46+,58-/m0/s1. The van der Waals surface area contributed by atoms with E-state index in [0.29, 0.717) is 33.8 Å². The molecule has 6 amide bonds. The number of benzene rings is 1. The number of hydrogen-bond acceptors (Lipinski definition) is 24. The van der Waals surface area contributed by atoms with Crippen LogP contribution in [0.4, 0.5) is 0 Å². The lowest BCUT2D eigenvalue weighted by atomic mass is 9.95. The summed E-state index contributed by atoms with van der Waals surface area (Å²) in [6, 6.07) is 0.980. The topological polar surface area (TPSA) is 599 Å². The van der Waals surface area contributed by atoms with E-state index in [-0.39, 0.29) is 50.3 Å². The van der Waals surface area contributed by atoms with Gasteiger partial charge in [-0.05, 0) is 29.4 Å². The minimum Gasteiger partial charge on any atom is -0.480 e. The predicted octanol–water partition coefficient (Wildman–Crippen LogP) is -5.49. The second kappa shape index (κ2) is 47.0. The van der Waals surface area contributed by atoms with E-state index < -0.39 is 244 Å². The molecule has 6 atom stereocenters. The highest BCUT2D eigenvalue weighted by molar-refractivity contribution is 5.93. The van der Waals surface area contributed by atoms with Crippen LogP contribution >= 0.6 is 0 Å². The second-order valence-corrected chi connectivity index (χ2v) is 25.1. The molecule has 2 rings (SSSR count). The van der Waals surface area contributed by atoms with Crippen molar-refractivity contribution in [2.45, 2.75) is 91.1 Å². The Bertz CT molecular complexity index is 3030. The third kappa shape index (κ3) is 38.1. The van der Waals surface area contributed by atoms with Gasteiger partial charge in [0.2, 0.25) is 35.4 Å². The summed E-state index contributed by atoms with van der Waals surface area (Å²) < 4.78 is 0. The van der Waals surface area contributed by atoms with Crippen molar-refractivity contribution in [2.24, 2.45) is 17.8 Å². The minimum absolute atomic E-state index is 0.00450. The first-order valence-electron chi connectivity index (χ1n) is 32.9. The van der Waals surface area contributed by atoms with Gasteiger partial charge in [0.05, 0.1) is 78.3 Å². The van der Waals surface area contributed by atoms with Crippen molar-refractivity contribution in [3.05, 3.63) is 53.6 Å². The summed E-state index contributed by atoms with van der Waals surface area (Å²) >= 11 is 0. The van der Waals surface area contributed by atoms with E-state index in [0.717, 1.165) is 25.3 Å². The highest BCUT2D eigenvalue weighted by Crippen LogP contribution is 2.15. The molecule has 0 radical (unpaired) electrons. The van der Waals surface area contributed by atoms with Crippen LogP contribution in [0.5, 0.6) is 0 Å². The van der Waals surface area contributed by atoms with Crippen molar-refractivity contribution in [3.63, 3.8) is 0 Å². The fourth-order valence-electron chi connectivity index (χ4n) is 10.6. The van der Waals surface area contributed by atoms with Crippen LogP contribution in [0.1, 0.15) is 64.3 Å². The highest BCUT2D eigenvalue weighted by Gasteiger charge is 2.36. The zero-order valence-corrected chi connectivity index (χ0v) is 58.5. The Morgan fingerprint density at radius 2 is 0.798 bits per heavy atom. The number of carboxylic acid groups (broad SMARTS) is 10. The first kappa shape index (κ1) is 89.8. The van der Waals surface area contributed by atoms with Crippen LogP contribution in [0.3, 0.4) is 0 Å². The van der Waals surface area contributed by atoms with Gasteiger partial charge in [0.15, 0.2) is 0 Å². The number of rotatable bonds is 57. The molecule has 0 aliphatic carbocycles. The lowest BCUT2D eigenvalue weighted by Crippen LogP contribution is -2.57. The van der Waals surface area contributed by atoms with Crippen molar-refractivity contribution in [1.29, 1.82) is 0 Å². The quantitative estimate of drug-likeness (QED) is 0.0294. The van der Waals surface area contributed by atoms with Crippen molar-refractivity contribution >= 4 is 95.1 Å². The molecular formula is C63H97N15O26. The Hall–Kier alpha value is -10.3. The SMILES string of the molecule is CCC(C)[C@H](NC(=O)[C@@H](C)Cc1cnc[nH]1)C(=O)N[C@@H](CC(C)C)C(=O)NCc1ccc(CNC(=O)CN(CCNC(=O)[C@@H](CN(CCN(CC(=O)O)CC(=O)O)CC(=O)O)N(CC(=O)O)CC(=O)O)CCNC(=O)[C@@H](CN(CCN(CC(=O)O)CC(=O)O)CC(=O)O)N(CC(=O)O)CC(=O)O)cc1. The van der Waals surface area contributed by atoms with E-state index in [9.17, 15) is 128 Å². The van der Waals surface area contributed by atoms with E-state index in [1.165, 1.54) is 11.2 Å². The molecule has 0 saturated carbocycles. The normalized spacial score (nSPS) is 13.2. The average molecular weight is 1480 g/mol. The molecule has 1 heterocycles. The summed E-state index contributed by atoms with van der Waals surface area (Å²) in [5, 5.41) is 113. The summed E-state index contributed by atoms with van der Waals surface area (Å²) in [4.78, 5) is 216. The number of aromatic nitrogens is 2. The van der Waals surface area contributed by atoms with Gasteiger partial charge in [0.25, 0.3) is 0 Å². The molecule has 17 N–H and O–H groups in total. The number of hydrogen-bond donors (Lipinski definition) is 17. The van der Waals surface area contributed by atoms with E-state index in [1.807, 2.05) is 27.7 Å². The van der Waals surface area contributed by atoms with Crippen molar-refractivity contribution in [2.75, 3.05) is 137 Å². The number of nitrogens with zero attached hydrogens (tertiary/aromatic N) is 8. The van der Waals surface area contributed by atoms with E-state index >= 15 is 0 Å². The third-order valence-corrected chi connectivity index (χ3v) is 15.8. The molecule has 580 valence electrons. The van der Waals surface area contributed by atoms with Gasteiger partial charge in [-0.25, -0.2) is 4.98 Å². The number of aromatic amines is 1. The summed E-state index contributed by atoms with van der Waals surface area (Å²) in [6.07, 6.45) is 4.22. The van der Waals surface area contributed by atoms with E-state index in [2.05, 4.69) is 41.9 Å². The molecule has 0 spiro atoms. The van der Waals surface area contributed by atoms with Gasteiger partial charge < -0.3 is 87.9 Å². The molecule has 104 heavy (non-hydrogen) atoms. The Morgan fingerprint density at radius 3 is 1.15 bits per heavy atom. The Morgan fingerprint density at radius 1 is 0.423 bits per heavy atom. The molecular weight excluding hydrogens is 1380 g/mol. The van der Waals surface area contributed by atoms with Gasteiger partial charge in [-0.2, -0.15) is 0 Å². The monoisotopic (exact) mass is 1480 g/mol. The predicted molar refractivity (Wildman–Crippen MR) is 360 cm³/mol. The van der Waals surface area contributed by atoms with Crippen molar-refractivity contribution < 1.29 is 128 Å². The number of aliphatic carboxylic acids is 10. The van der Waals surface area contributed by atoms with Gasteiger partial charge in [0.1, 0.15) is 24.2 Å². The van der Waals surface area contributed by atoms with Crippen LogP contribution in [-0.2, 0) is 96.2 Å². The molecule has 0 bridgehead atoms. The van der Waals surface area contributed by atoms with Crippen molar-refractivity contribution in [3.8, 4) is 0 Å². The van der Waals surface area contributed by atoms with Crippen LogP contribution in [0.25, 0.3) is 0 Å². The first-order valence-corrected chi connectivity index (χ1v) is 32.9. The number of carboxylic acids is 10. The van der Waals surface area contributed by atoms with Crippen LogP contribution in [0.2, 0.25) is 0 Å². The lowest BCUT2D eigenvalue weighted by molar-refractivity contribution is -0.147. The molecule has 2 aromatic rings. The molecule has 1 aromatic heterocycles. The molecule has 0 aliphatic rings. The summed E-state index contributed by atoms with van der Waals surface area (Å²) in [5.74, 6) is -20.6. The summed E-state index contributed by atoms with van der Waals surface area (Å²) in [6.45, 7) is -6.09. The van der Waals surface area contributed by atoms with Gasteiger partial charge in [-0.15, -0.1) is 0 Å². The molecule has 41 nitrogen and oxygen atoms in total. The van der Waals surface area contributed by atoms with Gasteiger partial charge in [-0.3, -0.25) is 111 Å². The number of nitrogens with one attached hydrogen (secondary N) is 7. The van der Waals surface area contributed by atoms with Crippen LogP contribution < -0.4 is 31.9 Å². The lowest BCUT2D eigenvalue weighted by Gasteiger charge is -2.33. The Balaban J connectivity index is 2.54. The number of imidazole rings is 1. The second-order valence-electron chi connectivity index (χ2n) is 25.1. The molecule has 0 aliphatic heterocycles. The molecule has 1 aromatic carbocycles. The Kier molecular flexibility index (Phi) is 40.6. The van der Waals surface area contributed by atoms with E-state index in [4.69, 9.17) is 0 Å². The third-order valence-electron chi connectivity index (χ3n) is 15.8. The Labute approximate surface area is 597 Å². The smallest absolute Gasteiger partial charge is 0.317 e. The highest BCUT2D eigenvalue weighted by atomic mass is 16.4. The summed E-state index contributed by atoms with van der Waals surface area (Å²) in [5.41, 5.74) is 1.86.